The lowest BCUT2D eigenvalue weighted by atomic mass is 10.0. The third-order valence-corrected chi connectivity index (χ3v) is 4.19. The van der Waals surface area contributed by atoms with Crippen molar-refractivity contribution in [3.8, 4) is 0 Å². The lowest BCUT2D eigenvalue weighted by molar-refractivity contribution is -0.133. The molecule has 0 spiro atoms. The van der Waals surface area contributed by atoms with Crippen molar-refractivity contribution in [2.45, 2.75) is 38.6 Å². The summed E-state index contributed by atoms with van der Waals surface area (Å²) in [5, 5.41) is 3.03. The summed E-state index contributed by atoms with van der Waals surface area (Å²) in [4.78, 5) is 30.3. The first-order valence-corrected chi connectivity index (χ1v) is 7.67. The molecule has 1 N–H and O–H groups in total. The van der Waals surface area contributed by atoms with Gasteiger partial charge in [-0.1, -0.05) is 6.07 Å². The van der Waals surface area contributed by atoms with Crippen LogP contribution in [0, 0.1) is 12.8 Å². The van der Waals surface area contributed by atoms with E-state index in [4.69, 9.17) is 0 Å². The van der Waals surface area contributed by atoms with Crippen LogP contribution in [0.25, 0.3) is 0 Å². The number of nitrogens with one attached hydrogen (secondary N) is 1. The number of likely N-dealkylation sites (tertiary alicyclic amines) is 1. The third kappa shape index (κ3) is 3.40. The van der Waals surface area contributed by atoms with E-state index in [-0.39, 0.29) is 17.9 Å². The average molecular weight is 287 g/mol. The van der Waals surface area contributed by atoms with Crippen molar-refractivity contribution in [1.29, 1.82) is 0 Å². The van der Waals surface area contributed by atoms with Crippen molar-refractivity contribution in [1.82, 2.24) is 15.2 Å². The van der Waals surface area contributed by atoms with Gasteiger partial charge in [0, 0.05) is 30.7 Å². The number of pyridine rings is 1. The number of aryl methyl sites for hydroxylation is 1. The van der Waals surface area contributed by atoms with Crippen molar-refractivity contribution in [3.05, 3.63) is 29.6 Å². The van der Waals surface area contributed by atoms with Crippen LogP contribution in [0.3, 0.4) is 0 Å². The van der Waals surface area contributed by atoms with Crippen LogP contribution in [0.2, 0.25) is 0 Å². The van der Waals surface area contributed by atoms with Crippen LogP contribution in [0.4, 0.5) is 0 Å². The van der Waals surface area contributed by atoms with Gasteiger partial charge in [0.15, 0.2) is 0 Å². The van der Waals surface area contributed by atoms with E-state index >= 15 is 0 Å². The maximum absolute atomic E-state index is 12.1. The Morgan fingerprint density at radius 1 is 1.19 bits per heavy atom. The number of aromatic nitrogens is 1. The first kappa shape index (κ1) is 14.0. The summed E-state index contributed by atoms with van der Waals surface area (Å²) in [7, 11) is 0. The van der Waals surface area contributed by atoms with E-state index in [1.165, 1.54) is 0 Å². The van der Waals surface area contributed by atoms with Crippen LogP contribution in [0.5, 0.6) is 0 Å². The topological polar surface area (TPSA) is 62.3 Å². The van der Waals surface area contributed by atoms with E-state index in [1.54, 1.807) is 6.07 Å². The first-order valence-electron chi connectivity index (χ1n) is 7.67. The molecule has 1 saturated carbocycles. The molecule has 0 atom stereocenters. The number of carbonyl (C=O) groups excluding carboxylic acids is 2. The third-order valence-electron chi connectivity index (χ3n) is 4.19. The molecule has 1 aromatic heterocycles. The summed E-state index contributed by atoms with van der Waals surface area (Å²) >= 11 is 0. The lowest BCUT2D eigenvalue weighted by Gasteiger charge is -2.32. The Labute approximate surface area is 124 Å². The second-order valence-electron chi connectivity index (χ2n) is 6.01. The predicted molar refractivity (Wildman–Crippen MR) is 78.8 cm³/mol. The van der Waals surface area contributed by atoms with Gasteiger partial charge < -0.3 is 10.2 Å². The number of hydrogen-bond donors (Lipinski definition) is 1. The van der Waals surface area contributed by atoms with Crippen molar-refractivity contribution < 1.29 is 9.59 Å². The van der Waals surface area contributed by atoms with Gasteiger partial charge in [0.25, 0.3) is 5.91 Å². The minimum atomic E-state index is -0.120. The summed E-state index contributed by atoms with van der Waals surface area (Å²) in [5.74, 6) is 0.471. The van der Waals surface area contributed by atoms with Crippen molar-refractivity contribution in [2.24, 2.45) is 5.92 Å². The summed E-state index contributed by atoms with van der Waals surface area (Å²) < 4.78 is 0. The van der Waals surface area contributed by atoms with Gasteiger partial charge in [0.1, 0.15) is 5.69 Å². The number of hydrogen-bond acceptors (Lipinski definition) is 3. The summed E-state index contributed by atoms with van der Waals surface area (Å²) in [6.07, 6.45) is 3.76. The van der Waals surface area contributed by atoms with Gasteiger partial charge in [-0.15, -0.1) is 0 Å². The molecule has 0 unspecified atom stereocenters. The number of nitrogens with zero attached hydrogens (tertiary/aromatic N) is 2. The highest BCUT2D eigenvalue weighted by atomic mass is 16.2. The van der Waals surface area contributed by atoms with E-state index in [1.807, 2.05) is 24.0 Å². The monoisotopic (exact) mass is 287 g/mol. The van der Waals surface area contributed by atoms with Gasteiger partial charge in [0.2, 0.25) is 5.91 Å². The zero-order chi connectivity index (χ0) is 14.8. The first-order chi connectivity index (χ1) is 10.1. The molecular weight excluding hydrogens is 266 g/mol. The van der Waals surface area contributed by atoms with Crippen LogP contribution in [-0.2, 0) is 4.79 Å². The molecule has 2 amide bonds. The van der Waals surface area contributed by atoms with Crippen molar-refractivity contribution >= 4 is 11.8 Å². The highest BCUT2D eigenvalue weighted by Gasteiger charge is 2.35. The highest BCUT2D eigenvalue weighted by Crippen LogP contribution is 2.31. The fourth-order valence-electron chi connectivity index (χ4n) is 2.76. The molecule has 21 heavy (non-hydrogen) atoms. The zero-order valence-corrected chi connectivity index (χ0v) is 12.3. The highest BCUT2D eigenvalue weighted by molar-refractivity contribution is 5.92. The van der Waals surface area contributed by atoms with Gasteiger partial charge in [-0.05, 0) is 44.7 Å². The Morgan fingerprint density at radius 3 is 2.52 bits per heavy atom. The van der Waals surface area contributed by atoms with Crippen LogP contribution in [0.1, 0.15) is 41.9 Å². The molecule has 0 aromatic carbocycles. The second kappa shape index (κ2) is 5.84. The minimum Gasteiger partial charge on any atom is -0.348 e. The van der Waals surface area contributed by atoms with Gasteiger partial charge in [-0.25, -0.2) is 4.98 Å². The molecule has 5 nitrogen and oxygen atoms in total. The van der Waals surface area contributed by atoms with Crippen LogP contribution in [0.15, 0.2) is 18.2 Å². The van der Waals surface area contributed by atoms with Gasteiger partial charge in [0.05, 0.1) is 0 Å². The van der Waals surface area contributed by atoms with Crippen molar-refractivity contribution in [3.63, 3.8) is 0 Å². The minimum absolute atomic E-state index is 0.120. The number of rotatable bonds is 3. The smallest absolute Gasteiger partial charge is 0.270 e. The van der Waals surface area contributed by atoms with Crippen LogP contribution in [-0.4, -0.2) is 40.8 Å². The Balaban J connectivity index is 1.50. The number of amides is 2. The quantitative estimate of drug-likeness (QED) is 0.917. The molecule has 112 valence electrons. The largest absolute Gasteiger partial charge is 0.348 e. The molecule has 5 heteroatoms. The number of piperidine rings is 1. The molecule has 1 aliphatic heterocycles. The summed E-state index contributed by atoms with van der Waals surface area (Å²) in [6.45, 7) is 3.38. The Morgan fingerprint density at radius 2 is 1.90 bits per heavy atom. The average Bonchev–Trinajstić information content (AvgIpc) is 3.32. The summed E-state index contributed by atoms with van der Waals surface area (Å²) in [5.41, 5.74) is 1.30. The molecule has 2 fully saturated rings. The Kier molecular flexibility index (Phi) is 3.90. The van der Waals surface area contributed by atoms with E-state index in [0.717, 1.165) is 44.5 Å². The molecule has 0 bridgehead atoms. The van der Waals surface area contributed by atoms with E-state index in [9.17, 15) is 9.59 Å². The van der Waals surface area contributed by atoms with E-state index in [0.29, 0.717) is 11.6 Å². The Hall–Kier alpha value is -1.91. The molecule has 3 rings (SSSR count). The lowest BCUT2D eigenvalue weighted by Crippen LogP contribution is -2.47. The van der Waals surface area contributed by atoms with E-state index in [2.05, 4.69) is 10.3 Å². The molecule has 2 heterocycles. The van der Waals surface area contributed by atoms with Gasteiger partial charge in [-0.3, -0.25) is 9.59 Å². The van der Waals surface area contributed by atoms with Crippen LogP contribution >= 0.6 is 0 Å². The fraction of sp³-hybridized carbons (Fsp3) is 0.562. The maximum Gasteiger partial charge on any atom is 0.270 e. The molecule has 1 aromatic rings. The van der Waals surface area contributed by atoms with Crippen molar-refractivity contribution in [2.75, 3.05) is 13.1 Å². The SMILES string of the molecule is Cc1cccc(C(=O)NC2CCN(C(=O)C3CC3)CC2)n1. The summed E-state index contributed by atoms with van der Waals surface area (Å²) in [6, 6.07) is 5.59. The Bertz CT molecular complexity index is 546. The molecule has 1 aliphatic carbocycles. The van der Waals surface area contributed by atoms with Crippen LogP contribution < -0.4 is 5.32 Å². The molecule has 2 aliphatic rings. The maximum atomic E-state index is 12.1. The van der Waals surface area contributed by atoms with E-state index < -0.39 is 0 Å². The molecule has 1 saturated heterocycles. The predicted octanol–water partition coefficient (Wildman–Crippen LogP) is 1.52. The van der Waals surface area contributed by atoms with Gasteiger partial charge in [-0.2, -0.15) is 0 Å². The molecule has 0 radical (unpaired) electrons. The molecular formula is C16H21N3O2. The van der Waals surface area contributed by atoms with Gasteiger partial charge >= 0.3 is 0 Å². The second-order valence-corrected chi connectivity index (χ2v) is 6.01. The fourth-order valence-corrected chi connectivity index (χ4v) is 2.76. The normalized spacial score (nSPS) is 19.4. The zero-order valence-electron chi connectivity index (χ0n) is 12.3. The number of carbonyl (C=O) groups is 2. The standard InChI is InChI=1S/C16H21N3O2/c1-11-3-2-4-14(17-11)15(20)18-13-7-9-19(10-8-13)16(21)12-5-6-12/h2-4,12-13H,5-10H2,1H3,(H,18,20).